The second-order valence-electron chi connectivity index (χ2n) is 3.58. The highest BCUT2D eigenvalue weighted by atomic mass is 16.1. The molecule has 0 N–H and O–H groups in total. The number of carbonyl (C=O) groups excluding carboxylic acids is 1. The largest absolute Gasteiger partial charge is 0.302 e. The van der Waals surface area contributed by atoms with Crippen LogP contribution >= 0.6 is 0 Å². The molecule has 0 aliphatic rings. The van der Waals surface area contributed by atoms with Gasteiger partial charge >= 0.3 is 0 Å². The number of hydrogen-bond acceptors (Lipinski definition) is 1. The first-order valence-corrected chi connectivity index (χ1v) is 4.92. The van der Waals surface area contributed by atoms with Gasteiger partial charge in [-0.25, -0.2) is 0 Å². The topological polar surface area (TPSA) is 17.1 Å². The van der Waals surface area contributed by atoms with Crippen molar-refractivity contribution < 1.29 is 4.79 Å². The Morgan fingerprint density at radius 2 is 1.93 bits per heavy atom. The van der Waals surface area contributed by atoms with Gasteiger partial charge in [-0.15, -0.1) is 0 Å². The van der Waals surface area contributed by atoms with Crippen LogP contribution in [-0.2, 0) is 10.2 Å². The van der Waals surface area contributed by atoms with Crippen molar-refractivity contribution >= 4 is 6.29 Å². The summed E-state index contributed by atoms with van der Waals surface area (Å²) in [5.41, 5.74) is 0.566. The van der Waals surface area contributed by atoms with Crippen LogP contribution in [0.3, 0.4) is 0 Å². The van der Waals surface area contributed by atoms with E-state index in [2.05, 4.69) is 6.92 Å². The van der Waals surface area contributed by atoms with Crippen molar-refractivity contribution in [1.29, 1.82) is 0 Å². The maximum Gasteiger partial charge on any atom is 0.134 e. The quantitative estimate of drug-likeness (QED) is 0.524. The van der Waals surface area contributed by atoms with Gasteiger partial charge in [0.05, 0.1) is 5.41 Å². The van der Waals surface area contributed by atoms with E-state index in [-0.39, 0.29) is 0 Å². The van der Waals surface area contributed by atoms with Gasteiger partial charge in [0.15, 0.2) is 0 Å². The van der Waals surface area contributed by atoms with Crippen molar-refractivity contribution in [2.45, 2.75) is 25.7 Å². The molecule has 0 spiro atoms. The van der Waals surface area contributed by atoms with Crippen LogP contribution < -0.4 is 0 Å². The normalized spacial score (nSPS) is 15.3. The summed E-state index contributed by atoms with van der Waals surface area (Å²) < 4.78 is 0. The fourth-order valence-electron chi connectivity index (χ4n) is 1.36. The zero-order valence-electron chi connectivity index (χ0n) is 8.73. The summed E-state index contributed by atoms with van der Waals surface area (Å²) in [5, 5.41) is 0. The molecule has 14 heavy (non-hydrogen) atoms. The number of carbonyl (C=O) groups is 1. The minimum Gasteiger partial charge on any atom is -0.302 e. The molecule has 1 rings (SSSR count). The van der Waals surface area contributed by atoms with Gasteiger partial charge in [0.2, 0.25) is 0 Å². The lowest BCUT2D eigenvalue weighted by molar-refractivity contribution is -0.110. The van der Waals surface area contributed by atoms with Gasteiger partial charge in [-0.2, -0.15) is 0 Å². The Labute approximate surface area is 85.5 Å². The van der Waals surface area contributed by atoms with Gasteiger partial charge in [-0.1, -0.05) is 49.4 Å². The lowest BCUT2D eigenvalue weighted by Crippen LogP contribution is -2.20. The smallest absolute Gasteiger partial charge is 0.134 e. The molecule has 1 heteroatoms. The van der Waals surface area contributed by atoms with Gasteiger partial charge < -0.3 is 4.79 Å². The predicted octanol–water partition coefficient (Wildman–Crippen LogP) is 3.11. The predicted molar refractivity (Wildman–Crippen MR) is 59.3 cm³/mol. The summed E-state index contributed by atoms with van der Waals surface area (Å²) in [6, 6.07) is 9.83. The molecular weight excluding hydrogens is 172 g/mol. The van der Waals surface area contributed by atoms with Gasteiger partial charge in [0.1, 0.15) is 6.29 Å². The van der Waals surface area contributed by atoms with E-state index in [0.717, 1.165) is 18.3 Å². The highest BCUT2D eigenvalue weighted by Gasteiger charge is 2.21. The number of benzene rings is 1. The minimum atomic E-state index is -0.475. The fraction of sp³-hybridized carbons (Fsp3) is 0.308. The van der Waals surface area contributed by atoms with E-state index in [4.69, 9.17) is 0 Å². The second-order valence-corrected chi connectivity index (χ2v) is 3.58. The Bertz CT molecular complexity index is 313. The molecule has 1 unspecified atom stereocenters. The van der Waals surface area contributed by atoms with Gasteiger partial charge in [0.25, 0.3) is 0 Å². The average Bonchev–Trinajstić information content (AvgIpc) is 2.27. The van der Waals surface area contributed by atoms with Crippen molar-refractivity contribution in [1.82, 2.24) is 0 Å². The van der Waals surface area contributed by atoms with Crippen LogP contribution in [0.4, 0.5) is 0 Å². The van der Waals surface area contributed by atoms with E-state index >= 15 is 0 Å². The van der Waals surface area contributed by atoms with Crippen molar-refractivity contribution in [3.8, 4) is 0 Å². The molecule has 1 nitrogen and oxygen atoms in total. The Kier molecular flexibility index (Phi) is 3.63. The highest BCUT2D eigenvalue weighted by Crippen LogP contribution is 2.22. The first-order chi connectivity index (χ1) is 6.73. The van der Waals surface area contributed by atoms with E-state index in [0.29, 0.717) is 0 Å². The van der Waals surface area contributed by atoms with E-state index < -0.39 is 5.41 Å². The lowest BCUT2D eigenvalue weighted by atomic mass is 9.83. The summed E-state index contributed by atoms with van der Waals surface area (Å²) in [4.78, 5) is 11.1. The van der Waals surface area contributed by atoms with E-state index in [1.165, 1.54) is 0 Å². The number of hydrogen-bond donors (Lipinski definition) is 0. The number of allylic oxidation sites excluding steroid dienone is 2. The third kappa shape index (κ3) is 2.32. The Morgan fingerprint density at radius 3 is 2.43 bits per heavy atom. The van der Waals surface area contributed by atoms with Crippen LogP contribution in [0.2, 0.25) is 0 Å². The molecule has 1 aromatic rings. The summed E-state index contributed by atoms with van der Waals surface area (Å²) in [5.74, 6) is 0. The number of rotatable bonds is 4. The van der Waals surface area contributed by atoms with Gasteiger partial charge in [-0.3, -0.25) is 0 Å². The molecule has 74 valence electrons. The molecule has 0 saturated carbocycles. The van der Waals surface area contributed by atoms with Crippen LogP contribution in [0.25, 0.3) is 0 Å². The average molecular weight is 188 g/mol. The first-order valence-electron chi connectivity index (χ1n) is 4.92. The van der Waals surface area contributed by atoms with Crippen LogP contribution in [0, 0.1) is 0 Å². The summed E-state index contributed by atoms with van der Waals surface area (Å²) >= 11 is 0. The summed E-state index contributed by atoms with van der Waals surface area (Å²) in [6.45, 7) is 3.99. The maximum atomic E-state index is 11.1. The highest BCUT2D eigenvalue weighted by molar-refractivity contribution is 5.71. The monoisotopic (exact) mass is 188 g/mol. The van der Waals surface area contributed by atoms with Gasteiger partial charge in [0, 0.05) is 0 Å². The molecule has 1 aromatic carbocycles. The molecule has 0 aromatic heterocycles. The molecule has 1 atom stereocenters. The third-order valence-electron chi connectivity index (χ3n) is 2.34. The van der Waals surface area contributed by atoms with Crippen molar-refractivity contribution in [2.75, 3.05) is 0 Å². The Morgan fingerprint density at radius 1 is 1.29 bits per heavy atom. The summed E-state index contributed by atoms with van der Waals surface area (Å²) in [6.07, 6.45) is 5.95. The van der Waals surface area contributed by atoms with Crippen LogP contribution in [0.5, 0.6) is 0 Å². The lowest BCUT2D eigenvalue weighted by Gasteiger charge is -2.18. The van der Waals surface area contributed by atoms with Crippen LogP contribution in [0.15, 0.2) is 42.5 Å². The Hall–Kier alpha value is -1.37. The maximum absolute atomic E-state index is 11.1. The summed E-state index contributed by atoms with van der Waals surface area (Å²) in [7, 11) is 0. The van der Waals surface area contributed by atoms with E-state index in [1.807, 2.05) is 49.4 Å². The zero-order chi connectivity index (χ0) is 10.4. The van der Waals surface area contributed by atoms with Crippen LogP contribution in [0.1, 0.15) is 25.8 Å². The molecule has 0 aliphatic heterocycles. The molecule has 0 fully saturated rings. The van der Waals surface area contributed by atoms with Crippen LogP contribution in [-0.4, -0.2) is 6.29 Å². The molecule has 0 heterocycles. The second kappa shape index (κ2) is 4.75. The van der Waals surface area contributed by atoms with Gasteiger partial charge in [-0.05, 0) is 18.9 Å². The van der Waals surface area contributed by atoms with E-state index in [9.17, 15) is 4.79 Å². The molecular formula is C13H16O. The SMILES string of the molecule is CC/C=C/C(C)(C=O)c1ccccc1. The minimum absolute atomic E-state index is 0.475. The first kappa shape index (κ1) is 10.7. The zero-order valence-corrected chi connectivity index (χ0v) is 8.73. The third-order valence-corrected chi connectivity index (χ3v) is 2.34. The molecule has 0 amide bonds. The molecule has 0 bridgehead atoms. The van der Waals surface area contributed by atoms with Crippen molar-refractivity contribution in [3.63, 3.8) is 0 Å². The Balaban J connectivity index is 3.02. The molecule has 0 saturated heterocycles. The van der Waals surface area contributed by atoms with E-state index in [1.54, 1.807) is 0 Å². The van der Waals surface area contributed by atoms with Crippen molar-refractivity contribution in [2.24, 2.45) is 0 Å². The molecule has 0 radical (unpaired) electrons. The standard InChI is InChI=1S/C13H16O/c1-3-4-10-13(2,11-14)12-8-6-5-7-9-12/h4-11H,3H2,1-2H3/b10-4+. The van der Waals surface area contributed by atoms with Crippen molar-refractivity contribution in [3.05, 3.63) is 48.0 Å². The molecule has 0 aliphatic carbocycles. The number of aldehydes is 1. The fourth-order valence-corrected chi connectivity index (χ4v) is 1.36.